The number of benzene rings is 2. The van der Waals surface area contributed by atoms with Gasteiger partial charge < -0.3 is 19.8 Å². The highest BCUT2D eigenvalue weighted by Crippen LogP contribution is 2.32. The largest absolute Gasteiger partial charge is 0.490 e. The van der Waals surface area contributed by atoms with Gasteiger partial charge in [0.05, 0.1) is 18.1 Å². The third-order valence-electron chi connectivity index (χ3n) is 6.09. The Morgan fingerprint density at radius 1 is 0.943 bits per heavy atom. The van der Waals surface area contributed by atoms with E-state index in [9.17, 15) is 18.0 Å². The Kier molecular flexibility index (Phi) is 5.98. The van der Waals surface area contributed by atoms with E-state index in [1.54, 1.807) is 37.3 Å². The van der Waals surface area contributed by atoms with Crippen molar-refractivity contribution in [3.8, 4) is 11.5 Å². The number of aromatic nitrogens is 1. The van der Waals surface area contributed by atoms with E-state index in [4.69, 9.17) is 9.47 Å². The summed E-state index contributed by atoms with van der Waals surface area (Å²) in [5, 5.41) is 2.80. The first-order valence-corrected chi connectivity index (χ1v) is 12.9. The van der Waals surface area contributed by atoms with Crippen LogP contribution in [0.5, 0.6) is 11.5 Å². The SMILES string of the molecule is Cc1c(C(=O)Nc2ccc(NS(=O)(=O)c3ccc4c(c3)OCCCO4)cc2)[nH]c2c1C(=O)CCC2. The molecule has 2 aliphatic rings. The predicted molar refractivity (Wildman–Crippen MR) is 130 cm³/mol. The van der Waals surface area contributed by atoms with Crippen molar-refractivity contribution >= 4 is 33.1 Å². The van der Waals surface area contributed by atoms with Crippen LogP contribution in [-0.2, 0) is 16.4 Å². The minimum Gasteiger partial charge on any atom is -0.490 e. The highest BCUT2D eigenvalue weighted by Gasteiger charge is 2.26. The van der Waals surface area contributed by atoms with E-state index in [0.29, 0.717) is 59.3 Å². The molecule has 0 fully saturated rings. The second kappa shape index (κ2) is 9.10. The summed E-state index contributed by atoms with van der Waals surface area (Å²) in [6, 6.07) is 10.8. The fourth-order valence-electron chi connectivity index (χ4n) is 4.34. The first-order valence-electron chi connectivity index (χ1n) is 11.4. The molecule has 3 aromatic rings. The molecule has 1 aliphatic carbocycles. The van der Waals surface area contributed by atoms with Gasteiger partial charge in [-0.1, -0.05) is 0 Å². The van der Waals surface area contributed by atoms with E-state index < -0.39 is 10.0 Å². The number of carbonyl (C=O) groups excluding carboxylic acids is 2. The summed E-state index contributed by atoms with van der Waals surface area (Å²) >= 11 is 0. The minimum atomic E-state index is -3.86. The number of aromatic amines is 1. The maximum Gasteiger partial charge on any atom is 0.272 e. The lowest BCUT2D eigenvalue weighted by atomic mass is 9.94. The highest BCUT2D eigenvalue weighted by atomic mass is 32.2. The number of amides is 1. The van der Waals surface area contributed by atoms with Crippen molar-refractivity contribution in [2.45, 2.75) is 37.5 Å². The maximum atomic E-state index is 12.9. The predicted octanol–water partition coefficient (Wildman–Crippen LogP) is 4.06. The molecule has 0 saturated heterocycles. The molecule has 3 N–H and O–H groups in total. The summed E-state index contributed by atoms with van der Waals surface area (Å²) < 4.78 is 39.4. The van der Waals surface area contributed by atoms with E-state index in [1.165, 1.54) is 12.1 Å². The average molecular weight is 496 g/mol. The molecule has 35 heavy (non-hydrogen) atoms. The van der Waals surface area contributed by atoms with Crippen molar-refractivity contribution in [3.63, 3.8) is 0 Å². The van der Waals surface area contributed by atoms with Crippen LogP contribution in [0.25, 0.3) is 0 Å². The van der Waals surface area contributed by atoms with Crippen LogP contribution in [0.1, 0.15) is 51.4 Å². The number of fused-ring (bicyclic) bond motifs is 2. The van der Waals surface area contributed by atoms with Gasteiger partial charge in [0.2, 0.25) is 0 Å². The number of aryl methyl sites for hydroxylation is 1. The van der Waals surface area contributed by atoms with Crippen LogP contribution in [0.3, 0.4) is 0 Å². The van der Waals surface area contributed by atoms with Crippen LogP contribution >= 0.6 is 0 Å². The average Bonchev–Trinajstić information content (AvgIpc) is 3.01. The Labute approximate surface area is 202 Å². The molecule has 2 aromatic carbocycles. The van der Waals surface area contributed by atoms with Crippen molar-refractivity contribution < 1.29 is 27.5 Å². The number of ether oxygens (including phenoxy) is 2. The van der Waals surface area contributed by atoms with Gasteiger partial charge in [0.1, 0.15) is 5.69 Å². The molecule has 0 bridgehead atoms. The van der Waals surface area contributed by atoms with Gasteiger partial charge in [0.15, 0.2) is 17.3 Å². The number of sulfonamides is 1. The summed E-state index contributed by atoms with van der Waals surface area (Å²) in [6.45, 7) is 2.74. The summed E-state index contributed by atoms with van der Waals surface area (Å²) in [6.07, 6.45) is 2.74. The highest BCUT2D eigenvalue weighted by molar-refractivity contribution is 7.92. The normalized spacial score (nSPS) is 15.2. The molecule has 1 aliphatic heterocycles. The fourth-order valence-corrected chi connectivity index (χ4v) is 5.41. The van der Waals surface area contributed by atoms with E-state index in [-0.39, 0.29) is 16.6 Å². The lowest BCUT2D eigenvalue weighted by Crippen LogP contribution is -2.15. The van der Waals surface area contributed by atoms with Gasteiger partial charge in [0.25, 0.3) is 15.9 Å². The zero-order valence-corrected chi connectivity index (χ0v) is 20.0. The molecule has 0 spiro atoms. The molecule has 0 unspecified atom stereocenters. The second-order valence-corrected chi connectivity index (χ2v) is 10.2. The number of nitrogens with one attached hydrogen (secondary N) is 3. The third-order valence-corrected chi connectivity index (χ3v) is 7.47. The van der Waals surface area contributed by atoms with E-state index in [2.05, 4.69) is 15.0 Å². The number of Topliss-reactive ketones (excluding diaryl/α,β-unsaturated/α-hetero) is 1. The molecule has 0 saturated carbocycles. The lowest BCUT2D eigenvalue weighted by Gasteiger charge is -2.12. The van der Waals surface area contributed by atoms with Gasteiger partial charge in [-0.05, 0) is 61.7 Å². The molecule has 0 radical (unpaired) electrons. The number of hydrogen-bond acceptors (Lipinski definition) is 6. The first kappa shape index (κ1) is 23.0. The molecule has 9 nitrogen and oxygen atoms in total. The molecule has 1 aromatic heterocycles. The quantitative estimate of drug-likeness (QED) is 0.490. The molecule has 182 valence electrons. The topological polar surface area (TPSA) is 127 Å². The third kappa shape index (κ3) is 4.61. The van der Waals surface area contributed by atoms with Crippen molar-refractivity contribution in [3.05, 3.63) is 65.0 Å². The second-order valence-electron chi connectivity index (χ2n) is 8.55. The number of H-pyrrole nitrogens is 1. The summed E-state index contributed by atoms with van der Waals surface area (Å²) in [7, 11) is -3.86. The summed E-state index contributed by atoms with van der Waals surface area (Å²) in [4.78, 5) is 28.2. The summed E-state index contributed by atoms with van der Waals surface area (Å²) in [5.41, 5.74) is 3.29. The Hall–Kier alpha value is -3.79. The first-order chi connectivity index (χ1) is 16.8. The van der Waals surface area contributed by atoms with Crippen LogP contribution in [0.15, 0.2) is 47.4 Å². The van der Waals surface area contributed by atoms with Gasteiger partial charge in [-0.3, -0.25) is 14.3 Å². The van der Waals surface area contributed by atoms with Crippen molar-refractivity contribution in [2.75, 3.05) is 23.3 Å². The van der Waals surface area contributed by atoms with Crippen molar-refractivity contribution in [1.82, 2.24) is 4.98 Å². The zero-order valence-electron chi connectivity index (χ0n) is 19.1. The standard InChI is InChI=1S/C25H25N3O6S/c1-15-23-19(4-2-5-20(23)29)27-24(15)25(30)26-16-6-8-17(9-7-16)28-35(31,32)18-10-11-21-22(14-18)34-13-3-12-33-21/h6-11,14,27-28H,2-5,12-13H2,1H3,(H,26,30). The molecule has 2 heterocycles. The number of rotatable bonds is 5. The van der Waals surface area contributed by atoms with Crippen LogP contribution in [0.4, 0.5) is 11.4 Å². The number of ketones is 1. The van der Waals surface area contributed by atoms with Crippen LogP contribution in [-0.4, -0.2) is 38.3 Å². The number of hydrogen-bond donors (Lipinski definition) is 3. The van der Waals surface area contributed by atoms with E-state index in [0.717, 1.165) is 25.0 Å². The molecular formula is C25H25N3O6S. The lowest BCUT2D eigenvalue weighted by molar-refractivity contribution is 0.0971. The number of carbonyl (C=O) groups is 2. The molecule has 1 amide bonds. The minimum absolute atomic E-state index is 0.0554. The molecule has 0 atom stereocenters. The van der Waals surface area contributed by atoms with Gasteiger partial charge in [-0.2, -0.15) is 0 Å². The Balaban J connectivity index is 1.28. The van der Waals surface area contributed by atoms with Gasteiger partial charge >= 0.3 is 0 Å². The maximum absolute atomic E-state index is 12.9. The van der Waals surface area contributed by atoms with Gasteiger partial charge in [-0.15, -0.1) is 0 Å². The van der Waals surface area contributed by atoms with Crippen molar-refractivity contribution in [1.29, 1.82) is 0 Å². The Morgan fingerprint density at radius 2 is 1.66 bits per heavy atom. The Bertz CT molecular complexity index is 1410. The van der Waals surface area contributed by atoms with Gasteiger partial charge in [-0.25, -0.2) is 8.42 Å². The zero-order chi connectivity index (χ0) is 24.6. The smallest absolute Gasteiger partial charge is 0.272 e. The Morgan fingerprint density at radius 3 is 2.40 bits per heavy atom. The fraction of sp³-hybridized carbons (Fsp3) is 0.280. The van der Waals surface area contributed by atoms with E-state index in [1.807, 2.05) is 0 Å². The van der Waals surface area contributed by atoms with Crippen LogP contribution in [0, 0.1) is 6.92 Å². The van der Waals surface area contributed by atoms with Gasteiger partial charge in [0, 0.05) is 41.5 Å². The van der Waals surface area contributed by atoms with Crippen molar-refractivity contribution in [2.24, 2.45) is 0 Å². The number of anilines is 2. The van der Waals surface area contributed by atoms with Crippen LogP contribution in [0.2, 0.25) is 0 Å². The monoisotopic (exact) mass is 495 g/mol. The molecular weight excluding hydrogens is 470 g/mol. The van der Waals surface area contributed by atoms with Crippen LogP contribution < -0.4 is 19.5 Å². The molecule has 10 heteroatoms. The van der Waals surface area contributed by atoms with E-state index >= 15 is 0 Å². The summed E-state index contributed by atoms with van der Waals surface area (Å²) in [5.74, 6) is 0.616. The molecule has 5 rings (SSSR count).